The minimum Gasteiger partial charge on any atom is -0.496 e. The lowest BCUT2D eigenvalue weighted by atomic mass is 10.0. The van der Waals surface area contributed by atoms with E-state index in [0.717, 1.165) is 56.5 Å². The molecule has 0 radical (unpaired) electrons. The largest absolute Gasteiger partial charge is 0.496 e. The van der Waals surface area contributed by atoms with Crippen LogP contribution in [0, 0.1) is 5.82 Å². The van der Waals surface area contributed by atoms with Crippen molar-refractivity contribution in [3.63, 3.8) is 0 Å². The topological polar surface area (TPSA) is 18.0 Å². The summed E-state index contributed by atoms with van der Waals surface area (Å²) < 4.78 is 112. The van der Waals surface area contributed by atoms with Crippen molar-refractivity contribution in [2.24, 2.45) is 0 Å². The van der Waals surface area contributed by atoms with Crippen LogP contribution < -0.4 is 9.30 Å². The van der Waals surface area contributed by atoms with E-state index in [-0.39, 0.29) is 24.6 Å². The van der Waals surface area contributed by atoms with E-state index in [2.05, 4.69) is 23.0 Å². The van der Waals surface area contributed by atoms with E-state index < -0.39 is 24.4 Å². The molecule has 0 saturated carbocycles. The van der Waals surface area contributed by atoms with Gasteiger partial charge in [-0.3, -0.25) is 0 Å². The van der Waals surface area contributed by atoms with Gasteiger partial charge in [0.25, 0.3) is 5.82 Å². The smallest absolute Gasteiger partial charge is 0.459 e. The first-order valence-corrected chi connectivity index (χ1v) is 13.4. The van der Waals surface area contributed by atoms with Crippen LogP contribution in [0.25, 0.3) is 0 Å². The fourth-order valence-electron chi connectivity index (χ4n) is 4.75. The zero-order chi connectivity index (χ0) is 29.3. The number of aryl methyl sites for hydroxylation is 1. The van der Waals surface area contributed by atoms with Crippen molar-refractivity contribution >= 4 is 0 Å². The fourth-order valence-corrected chi connectivity index (χ4v) is 4.75. The van der Waals surface area contributed by atoms with Gasteiger partial charge in [0.15, 0.2) is 0 Å². The normalized spacial score (nSPS) is 12.9. The molecule has 0 N–H and O–H groups in total. The van der Waals surface area contributed by atoms with E-state index in [4.69, 9.17) is 4.74 Å². The first kappa shape index (κ1) is 32.9. The van der Waals surface area contributed by atoms with Crippen LogP contribution >= 0.6 is 0 Å². The highest BCUT2D eigenvalue weighted by atomic mass is 19.4. The predicted molar refractivity (Wildman–Crippen MR) is 133 cm³/mol. The standard InChI is InChI=1S/C28H39F8N2O/c1-21(2)25-37(17-18-38(25)20-22-19-23(29)13-14-24(22)39-3)16-12-10-8-6-4-5-7-9-11-15-26(30,31)27(32,33)28(34,35)36/h13-14,17-19,21H,4-12,15-16,20H2,1-3H3/q+1. The number of alkyl halides is 7. The minimum absolute atomic E-state index is 0.191. The summed E-state index contributed by atoms with van der Waals surface area (Å²) in [7, 11) is 1.56. The van der Waals surface area contributed by atoms with Crippen LogP contribution in [0.3, 0.4) is 0 Å². The molecule has 11 heteroatoms. The van der Waals surface area contributed by atoms with E-state index in [1.54, 1.807) is 13.2 Å². The molecule has 3 nitrogen and oxygen atoms in total. The lowest BCUT2D eigenvalue weighted by Gasteiger charge is -2.28. The molecule has 0 aliphatic rings. The Hall–Kier alpha value is -2.33. The quantitative estimate of drug-likeness (QED) is 0.105. The predicted octanol–water partition coefficient (Wildman–Crippen LogP) is 8.83. The molecule has 0 aliphatic heterocycles. The summed E-state index contributed by atoms with van der Waals surface area (Å²) in [6.07, 6.45) is 2.05. The Labute approximate surface area is 225 Å². The van der Waals surface area contributed by atoms with Gasteiger partial charge < -0.3 is 4.74 Å². The van der Waals surface area contributed by atoms with Crippen molar-refractivity contribution in [1.29, 1.82) is 0 Å². The van der Waals surface area contributed by atoms with Gasteiger partial charge in [-0.15, -0.1) is 0 Å². The third-order valence-corrected chi connectivity index (χ3v) is 6.82. The molecule has 0 saturated heterocycles. The Balaban J connectivity index is 1.68. The Kier molecular flexibility index (Phi) is 12.1. The summed E-state index contributed by atoms with van der Waals surface area (Å²) in [5.41, 5.74) is 0.759. The number of imidazole rings is 1. The Morgan fingerprint density at radius 1 is 0.846 bits per heavy atom. The van der Waals surface area contributed by atoms with Crippen LogP contribution in [0.4, 0.5) is 35.1 Å². The average molecular weight is 572 g/mol. The van der Waals surface area contributed by atoms with Crippen molar-refractivity contribution in [3.8, 4) is 5.75 Å². The fraction of sp³-hybridized carbons (Fsp3) is 0.679. The number of aromatic nitrogens is 2. The third-order valence-electron chi connectivity index (χ3n) is 6.82. The lowest BCUT2D eigenvalue weighted by Crippen LogP contribution is -2.51. The Bertz CT molecular complexity index is 1020. The van der Waals surface area contributed by atoms with Crippen LogP contribution in [0.5, 0.6) is 5.75 Å². The molecule has 0 fully saturated rings. The Morgan fingerprint density at radius 2 is 1.41 bits per heavy atom. The summed E-state index contributed by atoms with van der Waals surface area (Å²) in [5, 5.41) is 0. The molecule has 0 aliphatic carbocycles. The average Bonchev–Trinajstić information content (AvgIpc) is 3.24. The summed E-state index contributed by atoms with van der Waals surface area (Å²) in [5.74, 6) is -9.41. The van der Waals surface area contributed by atoms with Crippen molar-refractivity contribution in [2.75, 3.05) is 7.11 Å². The number of unbranched alkanes of at least 4 members (excludes halogenated alkanes) is 8. The van der Waals surface area contributed by atoms with Gasteiger partial charge in [-0.1, -0.05) is 52.4 Å². The molecule has 2 aromatic rings. The molecule has 0 amide bonds. The van der Waals surface area contributed by atoms with Crippen LogP contribution in [0.15, 0.2) is 30.6 Å². The molecule has 2 rings (SSSR count). The molecular weight excluding hydrogens is 532 g/mol. The van der Waals surface area contributed by atoms with Gasteiger partial charge in [-0.05, 0) is 37.5 Å². The molecule has 1 aromatic carbocycles. The molecule has 0 bridgehead atoms. The van der Waals surface area contributed by atoms with Crippen LogP contribution in [-0.2, 0) is 13.1 Å². The maximum atomic E-state index is 13.8. The molecule has 39 heavy (non-hydrogen) atoms. The molecule has 0 atom stereocenters. The first-order chi connectivity index (χ1) is 18.2. The second-order valence-electron chi connectivity index (χ2n) is 10.3. The third kappa shape index (κ3) is 9.10. The number of ether oxygens (including phenoxy) is 1. The van der Waals surface area contributed by atoms with E-state index in [9.17, 15) is 35.1 Å². The zero-order valence-corrected chi connectivity index (χ0v) is 22.8. The van der Waals surface area contributed by atoms with Gasteiger partial charge >= 0.3 is 18.0 Å². The lowest BCUT2D eigenvalue weighted by molar-refractivity contribution is -0.696. The molecule has 1 heterocycles. The number of hydrogen-bond acceptors (Lipinski definition) is 1. The van der Waals surface area contributed by atoms with Crippen LogP contribution in [0.1, 0.15) is 95.4 Å². The van der Waals surface area contributed by atoms with Gasteiger partial charge in [-0.25, -0.2) is 13.5 Å². The number of rotatable bonds is 17. The highest BCUT2D eigenvalue weighted by Gasteiger charge is 2.72. The maximum Gasteiger partial charge on any atom is 0.459 e. The minimum atomic E-state index is -6.26. The second kappa shape index (κ2) is 14.3. The van der Waals surface area contributed by atoms with E-state index in [1.807, 2.05) is 12.4 Å². The summed E-state index contributed by atoms with van der Waals surface area (Å²) >= 11 is 0. The first-order valence-electron chi connectivity index (χ1n) is 13.4. The van der Waals surface area contributed by atoms with Gasteiger partial charge in [0.2, 0.25) is 0 Å². The van der Waals surface area contributed by atoms with Crippen LogP contribution in [0.2, 0.25) is 0 Å². The second-order valence-corrected chi connectivity index (χ2v) is 10.3. The number of hydrogen-bond donors (Lipinski definition) is 0. The summed E-state index contributed by atoms with van der Waals surface area (Å²) in [4.78, 5) is 0. The summed E-state index contributed by atoms with van der Waals surface area (Å²) in [6, 6.07) is 4.47. The highest BCUT2D eigenvalue weighted by molar-refractivity contribution is 5.33. The number of halogens is 8. The van der Waals surface area contributed by atoms with E-state index in [0.29, 0.717) is 18.7 Å². The van der Waals surface area contributed by atoms with E-state index >= 15 is 0 Å². The van der Waals surface area contributed by atoms with Crippen LogP contribution in [-0.4, -0.2) is 29.7 Å². The molecule has 1 aromatic heterocycles. The van der Waals surface area contributed by atoms with Gasteiger partial charge in [-0.2, -0.15) is 30.7 Å². The van der Waals surface area contributed by atoms with Gasteiger partial charge in [0.05, 0.1) is 19.6 Å². The SMILES string of the molecule is COc1ccc(F)cc1C[n+]1ccn(CCCCCCCCCCCC(F)(F)C(F)(F)C(F)(F)F)c1C(C)C. The van der Waals surface area contributed by atoms with Gasteiger partial charge in [0.1, 0.15) is 30.5 Å². The van der Waals surface area contributed by atoms with Crippen molar-refractivity contribution in [1.82, 2.24) is 4.57 Å². The zero-order valence-electron chi connectivity index (χ0n) is 22.8. The van der Waals surface area contributed by atoms with Crippen molar-refractivity contribution in [3.05, 3.63) is 47.8 Å². The monoisotopic (exact) mass is 571 g/mol. The maximum absolute atomic E-state index is 13.8. The van der Waals surface area contributed by atoms with Crippen molar-refractivity contribution < 1.29 is 44.4 Å². The Morgan fingerprint density at radius 3 is 1.95 bits per heavy atom. The number of nitrogens with zero attached hydrogens (tertiary/aromatic N) is 2. The number of methoxy groups -OCH3 is 1. The van der Waals surface area contributed by atoms with Gasteiger partial charge in [0, 0.05) is 12.0 Å². The van der Waals surface area contributed by atoms with E-state index in [1.165, 1.54) is 12.1 Å². The molecule has 222 valence electrons. The molecule has 0 unspecified atom stereocenters. The number of benzene rings is 1. The highest BCUT2D eigenvalue weighted by Crippen LogP contribution is 2.48. The summed E-state index contributed by atoms with van der Waals surface area (Å²) in [6.45, 7) is 5.53. The van der Waals surface area contributed by atoms with Crippen molar-refractivity contribution in [2.45, 2.75) is 115 Å². The molecular formula is C28H39F8N2O+. The molecule has 0 spiro atoms.